The van der Waals surface area contributed by atoms with E-state index in [1.54, 1.807) is 0 Å². The maximum atomic E-state index is 5.71. The maximum Gasteiger partial charge on any atom is 0.190 e. The van der Waals surface area contributed by atoms with Crippen molar-refractivity contribution in [3.63, 3.8) is 0 Å². The van der Waals surface area contributed by atoms with Crippen LogP contribution in [0.15, 0.2) is 23.2 Å². The summed E-state index contributed by atoms with van der Waals surface area (Å²) in [7, 11) is 4.03. The molecule has 1 aromatic rings. The first kappa shape index (κ1) is 24.8. The molecule has 2 rings (SSSR count). The predicted octanol–water partition coefficient (Wildman–Crippen LogP) is 3.15. The molecule has 0 spiro atoms. The molecule has 1 fully saturated rings. The summed E-state index contributed by atoms with van der Waals surface area (Å²) in [6.07, 6.45) is 3.48. The summed E-state index contributed by atoms with van der Waals surface area (Å²) in [5.41, 5.74) is 1.22. The number of halogens is 1. The monoisotopic (exact) mass is 504 g/mol. The van der Waals surface area contributed by atoms with Gasteiger partial charge in [-0.25, -0.2) is 0 Å². The van der Waals surface area contributed by atoms with Gasteiger partial charge in [0.15, 0.2) is 17.5 Å². The van der Waals surface area contributed by atoms with E-state index in [9.17, 15) is 0 Å². The van der Waals surface area contributed by atoms with E-state index in [1.807, 2.05) is 27.0 Å². The number of rotatable bonds is 9. The molecule has 0 aromatic heterocycles. The lowest BCUT2D eigenvalue weighted by molar-refractivity contribution is 0.210. The molecule has 0 radical (unpaired) electrons. The molecule has 0 saturated carbocycles. The van der Waals surface area contributed by atoms with Crippen LogP contribution in [0.4, 0.5) is 0 Å². The van der Waals surface area contributed by atoms with E-state index in [4.69, 9.17) is 9.47 Å². The van der Waals surface area contributed by atoms with Crippen LogP contribution in [0.1, 0.15) is 32.3 Å². The molecular formula is C21H37IN4O2. The van der Waals surface area contributed by atoms with Crippen molar-refractivity contribution in [2.24, 2.45) is 10.9 Å². The van der Waals surface area contributed by atoms with Crippen molar-refractivity contribution in [3.05, 3.63) is 23.8 Å². The molecule has 2 N–H and O–H groups in total. The first-order valence-corrected chi connectivity index (χ1v) is 10.2. The minimum atomic E-state index is 0. The van der Waals surface area contributed by atoms with E-state index in [0.29, 0.717) is 19.1 Å². The van der Waals surface area contributed by atoms with Gasteiger partial charge in [0.25, 0.3) is 0 Å². The number of nitrogens with one attached hydrogen (secondary N) is 2. The van der Waals surface area contributed by atoms with Gasteiger partial charge in [-0.05, 0) is 70.3 Å². The van der Waals surface area contributed by atoms with E-state index in [-0.39, 0.29) is 24.0 Å². The number of piperidine rings is 1. The zero-order valence-corrected chi connectivity index (χ0v) is 20.1. The second kappa shape index (κ2) is 13.9. The molecule has 6 nitrogen and oxygen atoms in total. The van der Waals surface area contributed by atoms with Crippen molar-refractivity contribution in [2.75, 3.05) is 53.5 Å². The number of hydrogen-bond acceptors (Lipinski definition) is 4. The zero-order valence-electron chi connectivity index (χ0n) is 17.8. The second-order valence-electron chi connectivity index (χ2n) is 7.05. The van der Waals surface area contributed by atoms with E-state index in [2.05, 4.69) is 39.7 Å². The van der Waals surface area contributed by atoms with Gasteiger partial charge in [-0.2, -0.15) is 0 Å². The van der Waals surface area contributed by atoms with Crippen LogP contribution >= 0.6 is 24.0 Å². The summed E-state index contributed by atoms with van der Waals surface area (Å²) in [5, 5.41) is 6.88. The molecule has 1 unspecified atom stereocenters. The van der Waals surface area contributed by atoms with Gasteiger partial charge in [-0.15, -0.1) is 24.0 Å². The SMILES string of the molecule is CCOc1ccc(CCNC(=NC)NCC2CCCN(C)C2)cc1OCC.I. The van der Waals surface area contributed by atoms with E-state index in [1.165, 1.54) is 24.9 Å². The Bertz CT molecular complexity index is 598. The van der Waals surface area contributed by atoms with Gasteiger partial charge in [0.1, 0.15) is 0 Å². The lowest BCUT2D eigenvalue weighted by Crippen LogP contribution is -2.44. The van der Waals surface area contributed by atoms with E-state index >= 15 is 0 Å². The molecule has 1 saturated heterocycles. The van der Waals surface area contributed by atoms with Crippen molar-refractivity contribution >= 4 is 29.9 Å². The zero-order chi connectivity index (χ0) is 19.5. The molecule has 0 aliphatic carbocycles. The van der Waals surface area contributed by atoms with Crippen LogP contribution < -0.4 is 20.1 Å². The standard InChI is InChI=1S/C21H36N4O2.HI/c1-5-26-19-10-9-17(14-20(19)27-6-2)11-12-23-21(22-3)24-15-18-8-7-13-25(4)16-18;/h9-10,14,18H,5-8,11-13,15-16H2,1-4H3,(H2,22,23,24);1H. The Hall–Kier alpha value is -1.22. The summed E-state index contributed by atoms with van der Waals surface area (Å²) in [6.45, 7) is 9.42. The van der Waals surface area contributed by atoms with Crippen molar-refractivity contribution < 1.29 is 9.47 Å². The Balaban J connectivity index is 0.00000392. The first-order chi connectivity index (χ1) is 13.2. The van der Waals surface area contributed by atoms with Crippen molar-refractivity contribution in [3.8, 4) is 11.5 Å². The number of nitrogens with zero attached hydrogens (tertiary/aromatic N) is 2. The third-order valence-electron chi connectivity index (χ3n) is 4.82. The van der Waals surface area contributed by atoms with Gasteiger partial charge >= 0.3 is 0 Å². The van der Waals surface area contributed by atoms with Crippen LogP contribution in [0, 0.1) is 5.92 Å². The Morgan fingerprint density at radius 3 is 2.61 bits per heavy atom. The average Bonchev–Trinajstić information content (AvgIpc) is 2.67. The largest absolute Gasteiger partial charge is 0.490 e. The fraction of sp³-hybridized carbons (Fsp3) is 0.667. The third-order valence-corrected chi connectivity index (χ3v) is 4.82. The van der Waals surface area contributed by atoms with Gasteiger partial charge in [-0.3, -0.25) is 4.99 Å². The van der Waals surface area contributed by atoms with Gasteiger partial charge in [0.05, 0.1) is 13.2 Å². The Labute approximate surface area is 187 Å². The van der Waals surface area contributed by atoms with Crippen LogP contribution in [0.25, 0.3) is 0 Å². The average molecular weight is 504 g/mol. The molecule has 1 aromatic carbocycles. The van der Waals surface area contributed by atoms with Gasteiger partial charge in [0, 0.05) is 26.7 Å². The Morgan fingerprint density at radius 2 is 1.93 bits per heavy atom. The molecule has 1 heterocycles. The minimum absolute atomic E-state index is 0. The predicted molar refractivity (Wildman–Crippen MR) is 127 cm³/mol. The molecule has 160 valence electrons. The second-order valence-corrected chi connectivity index (χ2v) is 7.05. The van der Waals surface area contributed by atoms with Gasteiger partial charge in [-0.1, -0.05) is 6.07 Å². The molecule has 1 aliphatic heterocycles. The van der Waals surface area contributed by atoms with Crippen molar-refractivity contribution in [1.29, 1.82) is 0 Å². The lowest BCUT2D eigenvalue weighted by Gasteiger charge is -2.30. The van der Waals surface area contributed by atoms with E-state index in [0.717, 1.165) is 43.5 Å². The maximum absolute atomic E-state index is 5.71. The topological polar surface area (TPSA) is 58.1 Å². The molecule has 1 aliphatic rings. The van der Waals surface area contributed by atoms with E-state index < -0.39 is 0 Å². The molecule has 1 atom stereocenters. The van der Waals surface area contributed by atoms with Crippen LogP contribution in [0.5, 0.6) is 11.5 Å². The number of ether oxygens (including phenoxy) is 2. The quantitative estimate of drug-likeness (QED) is 0.308. The van der Waals surface area contributed by atoms with Crippen LogP contribution in [-0.2, 0) is 6.42 Å². The Kier molecular flexibility index (Phi) is 12.3. The molecule has 28 heavy (non-hydrogen) atoms. The number of guanidine groups is 1. The molecular weight excluding hydrogens is 467 g/mol. The fourth-order valence-corrected chi connectivity index (χ4v) is 3.48. The normalized spacial score (nSPS) is 17.6. The lowest BCUT2D eigenvalue weighted by atomic mass is 9.99. The molecule has 0 bridgehead atoms. The fourth-order valence-electron chi connectivity index (χ4n) is 3.48. The Morgan fingerprint density at radius 1 is 1.18 bits per heavy atom. The van der Waals surface area contributed by atoms with Crippen molar-refractivity contribution in [2.45, 2.75) is 33.1 Å². The minimum Gasteiger partial charge on any atom is -0.490 e. The van der Waals surface area contributed by atoms with Crippen LogP contribution in [0.3, 0.4) is 0 Å². The summed E-state index contributed by atoms with van der Waals surface area (Å²) >= 11 is 0. The van der Waals surface area contributed by atoms with Gasteiger partial charge < -0.3 is 25.0 Å². The number of aliphatic imine (C=N–C) groups is 1. The summed E-state index contributed by atoms with van der Waals surface area (Å²) < 4.78 is 11.3. The van der Waals surface area contributed by atoms with Crippen molar-refractivity contribution in [1.82, 2.24) is 15.5 Å². The number of benzene rings is 1. The summed E-state index contributed by atoms with van der Waals surface area (Å²) in [4.78, 5) is 6.75. The number of likely N-dealkylation sites (tertiary alicyclic amines) is 1. The van der Waals surface area contributed by atoms with Gasteiger partial charge in [0.2, 0.25) is 0 Å². The highest BCUT2D eigenvalue weighted by Gasteiger charge is 2.17. The highest BCUT2D eigenvalue weighted by molar-refractivity contribution is 14.0. The smallest absolute Gasteiger partial charge is 0.190 e. The van der Waals surface area contributed by atoms with Crippen LogP contribution in [-0.4, -0.2) is 64.3 Å². The first-order valence-electron chi connectivity index (χ1n) is 10.2. The molecule has 0 amide bonds. The molecule has 7 heteroatoms. The highest BCUT2D eigenvalue weighted by Crippen LogP contribution is 2.28. The van der Waals surface area contributed by atoms with Crippen LogP contribution in [0.2, 0.25) is 0 Å². The summed E-state index contributed by atoms with van der Waals surface area (Å²) in [5.74, 6) is 3.20. The highest BCUT2D eigenvalue weighted by atomic mass is 127. The summed E-state index contributed by atoms with van der Waals surface area (Å²) in [6, 6.07) is 6.17. The third kappa shape index (κ3) is 8.43. The number of hydrogen-bond donors (Lipinski definition) is 2.